The number of anilines is 4. The predicted octanol–water partition coefficient (Wildman–Crippen LogP) is 20.1. The number of rotatable bonds is 11. The molecule has 1 aliphatic heterocycles. The van der Waals surface area contributed by atoms with E-state index in [1.807, 2.05) is 6.20 Å². The molecule has 8 aromatic carbocycles. The third-order valence-corrected chi connectivity index (χ3v) is 17.4. The SMILES string of the molecule is CC(C)(C)c1cc(Oc2ccc3c4ccccc4n(-c4cc(C(C)(C)c5ccccc5)ccn4)c3c2)cc(N2CN(c3cc(C(C)(C)c4ccccc4)cc(C(C)(C)c4ccccc4)c3)c3cc(C(C)(C)C)c(C(C)(C)C)cc32)c1. The molecule has 0 N–H and O–H groups in total. The van der Waals surface area contributed by atoms with Crippen molar-refractivity contribution < 1.29 is 4.74 Å². The molecule has 0 spiro atoms. The van der Waals surface area contributed by atoms with E-state index in [0.717, 1.165) is 39.4 Å². The van der Waals surface area contributed by atoms with E-state index in [-0.39, 0.29) is 32.5 Å². The van der Waals surface area contributed by atoms with Gasteiger partial charge < -0.3 is 14.5 Å². The van der Waals surface area contributed by atoms with Gasteiger partial charge in [-0.2, -0.15) is 0 Å². The monoisotopic (exact) mass is 1050 g/mol. The number of benzene rings is 8. The Bertz CT molecular complexity index is 3850. The molecule has 0 saturated heterocycles. The van der Waals surface area contributed by atoms with E-state index in [1.165, 1.54) is 72.5 Å². The molecule has 0 atom stereocenters. The second-order valence-corrected chi connectivity index (χ2v) is 27.1. The van der Waals surface area contributed by atoms with Crippen molar-refractivity contribution in [1.29, 1.82) is 0 Å². The van der Waals surface area contributed by atoms with Crippen LogP contribution in [0.25, 0.3) is 27.6 Å². The summed E-state index contributed by atoms with van der Waals surface area (Å²) in [6, 6.07) is 71.6. The second-order valence-electron chi connectivity index (χ2n) is 27.1. The summed E-state index contributed by atoms with van der Waals surface area (Å²) in [5.74, 6) is 2.43. The Morgan fingerprint density at radius 1 is 0.350 bits per heavy atom. The molecule has 1 aliphatic rings. The van der Waals surface area contributed by atoms with Crippen LogP contribution in [-0.2, 0) is 32.5 Å². The zero-order valence-electron chi connectivity index (χ0n) is 50.0. The first-order chi connectivity index (χ1) is 37.8. The van der Waals surface area contributed by atoms with Crippen molar-refractivity contribution in [3.63, 3.8) is 0 Å². The van der Waals surface area contributed by atoms with E-state index in [2.05, 4.69) is 312 Å². The fourth-order valence-corrected chi connectivity index (χ4v) is 12.1. The van der Waals surface area contributed by atoms with E-state index in [9.17, 15) is 0 Å². The fraction of sp³-hybridized carbons (Fsp3) is 0.293. The summed E-state index contributed by atoms with van der Waals surface area (Å²) in [5.41, 5.74) is 17.1. The van der Waals surface area contributed by atoms with Crippen molar-refractivity contribution in [2.75, 3.05) is 16.5 Å². The first-order valence-corrected chi connectivity index (χ1v) is 28.7. The first kappa shape index (κ1) is 54.1. The van der Waals surface area contributed by atoms with Crippen molar-refractivity contribution >= 4 is 44.6 Å². The topological polar surface area (TPSA) is 33.5 Å². The maximum absolute atomic E-state index is 7.20. The molecular weight excluding hydrogens is 973 g/mol. The normalized spacial score (nSPS) is 13.6. The number of para-hydroxylation sites is 1. The van der Waals surface area contributed by atoms with Crippen LogP contribution in [0.4, 0.5) is 22.7 Å². The molecule has 0 fully saturated rings. The van der Waals surface area contributed by atoms with Crippen LogP contribution in [0.5, 0.6) is 11.5 Å². The molecule has 5 heteroatoms. The standard InChI is InChI=1S/C75H80N4O/c1-70(2,3)54-40-58(45-60(43-54)80-59-35-36-62-61-33-25-26-34-65(61)79(66(62)46-59)69-44-53(37-38-76-69)73(10,11)50-27-19-16-20-28-50)78-49-77(67-47-63(71(4,5)6)64(48-68(67)78)72(7,8)9)57-41-55(74(12,13)51-29-21-17-22-30-51)39-56(42-57)75(14,15)52-31-23-18-24-32-52/h16-48H,49H2,1-15H3. The van der Waals surface area contributed by atoms with E-state index >= 15 is 0 Å². The number of aromatic nitrogens is 2. The average molecular weight is 1050 g/mol. The van der Waals surface area contributed by atoms with E-state index in [0.29, 0.717) is 6.67 Å². The summed E-state index contributed by atoms with van der Waals surface area (Å²) in [5, 5.41) is 2.32. The van der Waals surface area contributed by atoms with Crippen LogP contribution in [0.3, 0.4) is 0 Å². The van der Waals surface area contributed by atoms with Crippen molar-refractivity contribution in [3.8, 4) is 17.3 Å². The molecule has 0 bridgehead atoms. The van der Waals surface area contributed by atoms with Crippen molar-refractivity contribution in [3.05, 3.63) is 250 Å². The van der Waals surface area contributed by atoms with Crippen LogP contribution < -0.4 is 14.5 Å². The quantitative estimate of drug-likeness (QED) is 0.129. The Hall–Kier alpha value is -7.89. The third kappa shape index (κ3) is 9.88. The minimum Gasteiger partial charge on any atom is -0.457 e. The second kappa shape index (κ2) is 19.7. The average Bonchev–Trinajstić information content (AvgIpc) is 3.99. The first-order valence-electron chi connectivity index (χ1n) is 28.7. The highest BCUT2D eigenvalue weighted by Gasteiger charge is 2.37. The molecule has 80 heavy (non-hydrogen) atoms. The van der Waals surface area contributed by atoms with Crippen LogP contribution in [0.2, 0.25) is 0 Å². The summed E-state index contributed by atoms with van der Waals surface area (Å²) in [7, 11) is 0. The van der Waals surface area contributed by atoms with Crippen LogP contribution >= 0.6 is 0 Å². The van der Waals surface area contributed by atoms with Crippen LogP contribution in [0.15, 0.2) is 200 Å². The molecule has 406 valence electrons. The Balaban J connectivity index is 1.06. The summed E-state index contributed by atoms with van der Waals surface area (Å²) in [6.07, 6.45) is 1.95. The van der Waals surface area contributed by atoms with Crippen molar-refractivity contribution in [2.45, 2.75) is 136 Å². The van der Waals surface area contributed by atoms with Gasteiger partial charge in [0, 0.05) is 56.7 Å². The largest absolute Gasteiger partial charge is 0.457 e. The Labute approximate surface area is 476 Å². The summed E-state index contributed by atoms with van der Waals surface area (Å²) in [4.78, 5) is 10.2. The lowest BCUT2D eigenvalue weighted by molar-refractivity contribution is 0.479. The highest BCUT2D eigenvalue weighted by atomic mass is 16.5. The van der Waals surface area contributed by atoms with Gasteiger partial charge in [-0.15, -0.1) is 0 Å². The highest BCUT2D eigenvalue weighted by Crippen LogP contribution is 2.52. The van der Waals surface area contributed by atoms with E-state index < -0.39 is 0 Å². The van der Waals surface area contributed by atoms with Gasteiger partial charge in [-0.05, 0) is 133 Å². The Morgan fingerprint density at radius 3 is 1.32 bits per heavy atom. The summed E-state index contributed by atoms with van der Waals surface area (Å²) < 4.78 is 9.50. The van der Waals surface area contributed by atoms with Crippen molar-refractivity contribution in [1.82, 2.24) is 9.55 Å². The van der Waals surface area contributed by atoms with Gasteiger partial charge in [-0.3, -0.25) is 4.57 Å². The van der Waals surface area contributed by atoms with Gasteiger partial charge in [0.05, 0.1) is 22.4 Å². The molecule has 10 aromatic rings. The maximum Gasteiger partial charge on any atom is 0.137 e. The van der Waals surface area contributed by atoms with E-state index in [4.69, 9.17) is 9.72 Å². The predicted molar refractivity (Wildman–Crippen MR) is 339 cm³/mol. The van der Waals surface area contributed by atoms with Crippen molar-refractivity contribution in [2.24, 2.45) is 0 Å². The van der Waals surface area contributed by atoms with E-state index in [1.54, 1.807) is 0 Å². The van der Waals surface area contributed by atoms with Gasteiger partial charge in [0.25, 0.3) is 0 Å². The van der Waals surface area contributed by atoms with Gasteiger partial charge in [-0.1, -0.05) is 219 Å². The van der Waals surface area contributed by atoms with Gasteiger partial charge in [-0.25, -0.2) is 4.98 Å². The number of pyridine rings is 1. The number of fused-ring (bicyclic) bond motifs is 4. The zero-order chi connectivity index (χ0) is 56.7. The minimum atomic E-state index is -0.280. The molecule has 3 heterocycles. The van der Waals surface area contributed by atoms with Crippen LogP contribution in [0.1, 0.15) is 154 Å². The molecule has 0 amide bonds. The maximum atomic E-state index is 7.20. The highest BCUT2D eigenvalue weighted by molar-refractivity contribution is 6.09. The molecule has 0 radical (unpaired) electrons. The van der Waals surface area contributed by atoms with Gasteiger partial charge in [0.15, 0.2) is 0 Å². The molecular formula is C75H80N4O. The Morgan fingerprint density at radius 2 is 0.812 bits per heavy atom. The molecule has 0 aliphatic carbocycles. The van der Waals surface area contributed by atoms with Crippen LogP contribution in [0, 0.1) is 0 Å². The third-order valence-electron chi connectivity index (χ3n) is 17.4. The molecule has 0 unspecified atom stereocenters. The smallest absolute Gasteiger partial charge is 0.137 e. The summed E-state index contributed by atoms with van der Waals surface area (Å²) in [6.45, 7) is 35.7. The van der Waals surface area contributed by atoms with Gasteiger partial charge in [0.2, 0.25) is 0 Å². The van der Waals surface area contributed by atoms with Crippen LogP contribution in [-0.4, -0.2) is 16.2 Å². The number of hydrogen-bond acceptors (Lipinski definition) is 4. The Kier molecular flexibility index (Phi) is 13.3. The lowest BCUT2D eigenvalue weighted by Crippen LogP contribution is -2.27. The lowest BCUT2D eigenvalue weighted by Gasteiger charge is -2.34. The van der Waals surface area contributed by atoms with Gasteiger partial charge in [0.1, 0.15) is 24.0 Å². The molecule has 0 saturated carbocycles. The number of nitrogens with zero attached hydrogens (tertiary/aromatic N) is 4. The number of hydrogen-bond donors (Lipinski definition) is 0. The fourth-order valence-electron chi connectivity index (χ4n) is 12.1. The van der Waals surface area contributed by atoms with Gasteiger partial charge >= 0.3 is 0 Å². The number of ether oxygens (including phenoxy) is 1. The minimum absolute atomic E-state index is 0.105. The molecule has 11 rings (SSSR count). The zero-order valence-corrected chi connectivity index (χ0v) is 50.0. The lowest BCUT2D eigenvalue weighted by atomic mass is 9.73. The molecule has 5 nitrogen and oxygen atoms in total. The molecule has 2 aromatic heterocycles. The summed E-state index contributed by atoms with van der Waals surface area (Å²) >= 11 is 0.